The number of hydrogen-bond acceptors (Lipinski definition) is 9. The molecule has 1 saturated heterocycles. The molecular formula is C28H36N4O7S2. The largest absolute Gasteiger partial charge is 0.448 e. The first-order valence-corrected chi connectivity index (χ1v) is 16.0. The number of fused-ring (bicyclic) bond motifs is 1. The predicted octanol–water partition coefficient (Wildman–Crippen LogP) is 3.63. The molecule has 3 aromatic rings. The summed E-state index contributed by atoms with van der Waals surface area (Å²) in [5.74, 6) is 0. The Balaban J connectivity index is 1.48. The number of thiazole rings is 1. The number of hydrogen-bond donors (Lipinski definition) is 2. The second kappa shape index (κ2) is 14.6. The van der Waals surface area contributed by atoms with E-state index < -0.39 is 34.4 Å². The number of ether oxygens (including phenoxy) is 2. The summed E-state index contributed by atoms with van der Waals surface area (Å²) in [5, 5.41) is 14.1. The summed E-state index contributed by atoms with van der Waals surface area (Å²) in [6.45, 7) is 2.90. The van der Waals surface area contributed by atoms with E-state index in [2.05, 4.69) is 10.3 Å². The van der Waals surface area contributed by atoms with E-state index in [9.17, 15) is 23.1 Å². The molecule has 1 aliphatic heterocycles. The molecule has 0 radical (unpaired) electrons. The van der Waals surface area contributed by atoms with Gasteiger partial charge in [-0.25, -0.2) is 23.0 Å². The molecule has 41 heavy (non-hydrogen) atoms. The molecule has 2 heterocycles. The maximum absolute atomic E-state index is 13.8. The highest BCUT2D eigenvalue weighted by atomic mass is 32.2. The summed E-state index contributed by atoms with van der Waals surface area (Å²) in [4.78, 5) is 30.1. The van der Waals surface area contributed by atoms with Crippen LogP contribution in [0.1, 0.15) is 31.7 Å². The third-order valence-corrected chi connectivity index (χ3v) is 9.50. The van der Waals surface area contributed by atoms with Gasteiger partial charge in [0.1, 0.15) is 13.2 Å². The zero-order valence-corrected chi connectivity index (χ0v) is 24.6. The van der Waals surface area contributed by atoms with Crippen LogP contribution in [0.15, 0.2) is 58.9 Å². The molecule has 11 nitrogen and oxygen atoms in total. The fraction of sp³-hybridized carbons (Fsp3) is 0.464. The Hall–Kier alpha value is -3.26. The van der Waals surface area contributed by atoms with Gasteiger partial charge in [0, 0.05) is 13.1 Å². The van der Waals surface area contributed by atoms with Gasteiger partial charge in [0.25, 0.3) is 0 Å². The molecule has 0 saturated carbocycles. The van der Waals surface area contributed by atoms with Gasteiger partial charge in [0.15, 0.2) is 0 Å². The Morgan fingerprint density at radius 2 is 2.05 bits per heavy atom. The van der Waals surface area contributed by atoms with Gasteiger partial charge in [-0.3, -0.25) is 0 Å². The SMILES string of the molecule is CCCCCN(C[C@@H](O)[C@H](Cc1ccccc1)NC(=O)OCCN1CCOC1=O)S(=O)(=O)c1ccc2ncsc2c1. The first-order chi connectivity index (χ1) is 19.8. The summed E-state index contributed by atoms with van der Waals surface area (Å²) < 4.78 is 39.7. The summed E-state index contributed by atoms with van der Waals surface area (Å²) >= 11 is 1.36. The van der Waals surface area contributed by atoms with Crippen LogP contribution in [-0.2, 0) is 25.9 Å². The van der Waals surface area contributed by atoms with Crippen LogP contribution in [0.25, 0.3) is 10.2 Å². The summed E-state index contributed by atoms with van der Waals surface area (Å²) in [5.41, 5.74) is 3.24. The molecule has 13 heteroatoms. The van der Waals surface area contributed by atoms with Crippen LogP contribution in [0.2, 0.25) is 0 Å². The highest BCUT2D eigenvalue weighted by Crippen LogP contribution is 2.25. The molecule has 1 aromatic heterocycles. The topological polar surface area (TPSA) is 138 Å². The van der Waals surface area contributed by atoms with Crippen LogP contribution in [0.4, 0.5) is 9.59 Å². The van der Waals surface area contributed by atoms with Crippen molar-refractivity contribution in [1.82, 2.24) is 19.5 Å². The molecule has 1 aliphatic rings. The molecule has 2 aromatic carbocycles. The number of aliphatic hydroxyl groups excluding tert-OH is 1. The Morgan fingerprint density at radius 3 is 2.78 bits per heavy atom. The van der Waals surface area contributed by atoms with E-state index in [1.807, 2.05) is 37.3 Å². The van der Waals surface area contributed by atoms with Crippen molar-refractivity contribution in [2.24, 2.45) is 0 Å². The number of carbonyl (C=O) groups excluding carboxylic acids is 2. The van der Waals surface area contributed by atoms with Crippen molar-refractivity contribution in [2.75, 3.05) is 39.4 Å². The number of nitrogens with one attached hydrogen (secondary N) is 1. The van der Waals surface area contributed by atoms with E-state index in [1.165, 1.54) is 26.6 Å². The van der Waals surface area contributed by atoms with Crippen LogP contribution in [0, 0.1) is 0 Å². The van der Waals surface area contributed by atoms with E-state index in [1.54, 1.807) is 17.6 Å². The van der Waals surface area contributed by atoms with E-state index >= 15 is 0 Å². The van der Waals surface area contributed by atoms with Gasteiger partial charge in [0.05, 0.1) is 45.9 Å². The third-order valence-electron chi connectivity index (χ3n) is 6.85. The van der Waals surface area contributed by atoms with Crippen molar-refractivity contribution in [3.8, 4) is 0 Å². The predicted molar refractivity (Wildman–Crippen MR) is 155 cm³/mol. The van der Waals surface area contributed by atoms with Gasteiger partial charge in [-0.2, -0.15) is 4.31 Å². The lowest BCUT2D eigenvalue weighted by Gasteiger charge is -2.30. The Labute approximate surface area is 244 Å². The number of carbonyl (C=O) groups is 2. The van der Waals surface area contributed by atoms with E-state index in [4.69, 9.17) is 9.47 Å². The maximum Gasteiger partial charge on any atom is 0.410 e. The van der Waals surface area contributed by atoms with Crippen LogP contribution < -0.4 is 5.32 Å². The zero-order chi connectivity index (χ0) is 29.2. The van der Waals surface area contributed by atoms with Gasteiger partial charge in [-0.1, -0.05) is 50.1 Å². The Morgan fingerprint density at radius 1 is 1.24 bits per heavy atom. The van der Waals surface area contributed by atoms with Crippen molar-refractivity contribution in [3.63, 3.8) is 0 Å². The van der Waals surface area contributed by atoms with Crippen molar-refractivity contribution >= 4 is 43.8 Å². The van der Waals surface area contributed by atoms with E-state index in [0.29, 0.717) is 19.6 Å². The number of aromatic nitrogens is 1. The third kappa shape index (κ3) is 8.38. The van der Waals surface area contributed by atoms with Crippen LogP contribution >= 0.6 is 11.3 Å². The molecule has 0 bridgehead atoms. The van der Waals surface area contributed by atoms with Gasteiger partial charge >= 0.3 is 12.2 Å². The molecule has 1 fully saturated rings. The number of sulfonamides is 1. The van der Waals surface area contributed by atoms with Crippen molar-refractivity contribution < 1.29 is 32.6 Å². The summed E-state index contributed by atoms with van der Waals surface area (Å²) in [6.07, 6.45) is 0.161. The fourth-order valence-corrected chi connectivity index (χ4v) is 6.86. The molecule has 2 atom stereocenters. The standard InChI is InChI=1S/C28H36N4O7S2/c1-2-3-7-12-32(41(36,37)22-10-11-23-26(18-22)40-20-29-23)19-25(33)24(17-21-8-5-4-6-9-21)30-27(34)38-15-13-31-14-16-39-28(31)35/h4-6,8-11,18,20,24-25,33H,2-3,7,12-17,19H2,1H3,(H,30,34)/t24-,25+/m0/s1. The molecule has 222 valence electrons. The summed E-state index contributed by atoms with van der Waals surface area (Å²) in [7, 11) is -3.95. The number of cyclic esters (lactones) is 1. The van der Waals surface area contributed by atoms with Crippen molar-refractivity contribution in [2.45, 2.75) is 49.6 Å². The number of rotatable bonds is 15. The smallest absolute Gasteiger partial charge is 0.410 e. The highest BCUT2D eigenvalue weighted by Gasteiger charge is 2.31. The molecule has 0 aliphatic carbocycles. The fourth-order valence-electron chi connectivity index (χ4n) is 4.55. The molecule has 2 N–H and O–H groups in total. The van der Waals surface area contributed by atoms with Crippen LogP contribution in [0.3, 0.4) is 0 Å². The zero-order valence-electron chi connectivity index (χ0n) is 23.0. The van der Waals surface area contributed by atoms with Crippen LogP contribution in [-0.4, -0.2) is 91.4 Å². The minimum Gasteiger partial charge on any atom is -0.448 e. The van der Waals surface area contributed by atoms with Crippen molar-refractivity contribution in [1.29, 1.82) is 0 Å². The number of nitrogens with zero attached hydrogens (tertiary/aromatic N) is 3. The lowest BCUT2D eigenvalue weighted by Crippen LogP contribution is -2.51. The number of amides is 2. The minimum atomic E-state index is -3.95. The van der Waals surface area contributed by atoms with E-state index in [-0.39, 0.29) is 37.6 Å². The number of unbranched alkanes of at least 4 members (excludes halogenated alkanes) is 2. The quantitative estimate of drug-likeness (QED) is 0.251. The average molecular weight is 605 g/mol. The lowest BCUT2D eigenvalue weighted by atomic mass is 10.0. The van der Waals surface area contributed by atoms with Gasteiger partial charge in [-0.15, -0.1) is 11.3 Å². The van der Waals surface area contributed by atoms with Crippen molar-refractivity contribution in [3.05, 3.63) is 59.6 Å². The number of benzene rings is 2. The second-order valence-electron chi connectivity index (χ2n) is 9.80. The number of aliphatic hydroxyl groups is 1. The molecule has 4 rings (SSSR count). The molecule has 2 amide bonds. The van der Waals surface area contributed by atoms with Crippen LogP contribution in [0.5, 0.6) is 0 Å². The first-order valence-electron chi connectivity index (χ1n) is 13.7. The minimum absolute atomic E-state index is 0.0489. The summed E-state index contributed by atoms with van der Waals surface area (Å²) in [6, 6.07) is 13.3. The highest BCUT2D eigenvalue weighted by molar-refractivity contribution is 7.89. The van der Waals surface area contributed by atoms with Gasteiger partial charge < -0.3 is 24.8 Å². The van der Waals surface area contributed by atoms with Gasteiger partial charge in [0.2, 0.25) is 10.0 Å². The van der Waals surface area contributed by atoms with Gasteiger partial charge in [-0.05, 0) is 36.6 Å². The Kier molecular flexibility index (Phi) is 10.9. The Bertz CT molecular complexity index is 1400. The molecular weight excluding hydrogens is 568 g/mol. The molecule has 0 unspecified atom stereocenters. The second-order valence-corrected chi connectivity index (χ2v) is 12.6. The normalized spacial score (nSPS) is 15.2. The maximum atomic E-state index is 13.8. The average Bonchev–Trinajstić information content (AvgIpc) is 3.61. The first kappa shape index (κ1) is 30.7. The lowest BCUT2D eigenvalue weighted by molar-refractivity contribution is 0.0879. The number of alkyl carbamates (subject to hydrolysis) is 1. The van der Waals surface area contributed by atoms with E-state index in [0.717, 1.165) is 28.6 Å². The monoisotopic (exact) mass is 604 g/mol. The molecule has 0 spiro atoms.